The molecule has 1 aromatic carbocycles. The maximum absolute atomic E-state index is 12.2. The molecule has 6 heteroatoms. The number of hydrogen-bond acceptors (Lipinski definition) is 3. The second kappa shape index (κ2) is 7.76. The maximum Gasteiger partial charge on any atom is 0.251 e. The van der Waals surface area contributed by atoms with Gasteiger partial charge in [0.2, 0.25) is 11.8 Å². The summed E-state index contributed by atoms with van der Waals surface area (Å²) in [6.45, 7) is 4.95. The number of likely N-dealkylation sites (tertiary alicyclic amines) is 1. The average molecular weight is 317 g/mol. The van der Waals surface area contributed by atoms with Gasteiger partial charge in [0.25, 0.3) is 5.91 Å². The Balaban J connectivity index is 2.03. The first-order valence-corrected chi connectivity index (χ1v) is 7.97. The summed E-state index contributed by atoms with van der Waals surface area (Å²) in [6.07, 6.45) is 2.34. The van der Waals surface area contributed by atoms with E-state index in [0.717, 1.165) is 18.4 Å². The summed E-state index contributed by atoms with van der Waals surface area (Å²) < 4.78 is 0. The number of amides is 3. The van der Waals surface area contributed by atoms with Crippen molar-refractivity contribution in [3.8, 4) is 0 Å². The number of carbonyl (C=O) groups is 3. The number of carbonyl (C=O) groups excluding carboxylic acids is 3. The fourth-order valence-electron chi connectivity index (χ4n) is 2.55. The van der Waals surface area contributed by atoms with Gasteiger partial charge in [0.05, 0.1) is 6.54 Å². The Morgan fingerprint density at radius 2 is 2.04 bits per heavy atom. The summed E-state index contributed by atoms with van der Waals surface area (Å²) in [4.78, 5) is 37.4. The Morgan fingerprint density at radius 1 is 1.26 bits per heavy atom. The van der Waals surface area contributed by atoms with Crippen molar-refractivity contribution in [1.29, 1.82) is 0 Å². The Morgan fingerprint density at radius 3 is 2.74 bits per heavy atom. The summed E-state index contributed by atoms with van der Waals surface area (Å²) in [6, 6.07) is 5.19. The zero-order chi connectivity index (χ0) is 16.8. The smallest absolute Gasteiger partial charge is 0.251 e. The molecular weight excluding hydrogens is 294 g/mol. The number of benzene rings is 1. The number of piperidine rings is 1. The molecule has 0 atom stereocenters. The summed E-state index contributed by atoms with van der Waals surface area (Å²) in [5.41, 5.74) is 1.97. The molecule has 1 aliphatic rings. The van der Waals surface area contributed by atoms with E-state index in [0.29, 0.717) is 30.8 Å². The highest BCUT2D eigenvalue weighted by molar-refractivity contribution is 5.99. The zero-order valence-electron chi connectivity index (χ0n) is 13.6. The van der Waals surface area contributed by atoms with E-state index in [1.165, 1.54) is 0 Å². The Hall–Kier alpha value is -2.37. The first-order valence-electron chi connectivity index (χ1n) is 7.97. The van der Waals surface area contributed by atoms with Crippen LogP contribution in [0.1, 0.15) is 42.1 Å². The monoisotopic (exact) mass is 317 g/mol. The van der Waals surface area contributed by atoms with Crippen molar-refractivity contribution in [2.24, 2.45) is 0 Å². The fraction of sp³-hybridized carbons (Fsp3) is 0.471. The van der Waals surface area contributed by atoms with Gasteiger partial charge in [-0.1, -0.05) is 6.07 Å². The molecule has 1 saturated heterocycles. The molecule has 2 N–H and O–H groups in total. The van der Waals surface area contributed by atoms with Crippen LogP contribution in [0, 0.1) is 6.92 Å². The highest BCUT2D eigenvalue weighted by atomic mass is 16.2. The van der Waals surface area contributed by atoms with E-state index in [1.54, 1.807) is 23.1 Å². The second-order valence-corrected chi connectivity index (χ2v) is 5.71. The first-order chi connectivity index (χ1) is 11.0. The number of rotatable bonds is 5. The zero-order valence-corrected chi connectivity index (χ0v) is 13.6. The van der Waals surface area contributed by atoms with E-state index < -0.39 is 0 Å². The van der Waals surface area contributed by atoms with Crippen LogP contribution >= 0.6 is 0 Å². The van der Waals surface area contributed by atoms with E-state index in [9.17, 15) is 14.4 Å². The van der Waals surface area contributed by atoms with Crippen molar-refractivity contribution in [3.63, 3.8) is 0 Å². The van der Waals surface area contributed by atoms with Crippen LogP contribution in [-0.4, -0.2) is 42.3 Å². The Bertz CT molecular complexity index is 613. The Labute approximate surface area is 136 Å². The molecule has 0 aromatic heterocycles. The molecule has 23 heavy (non-hydrogen) atoms. The summed E-state index contributed by atoms with van der Waals surface area (Å²) >= 11 is 0. The molecule has 1 aromatic rings. The van der Waals surface area contributed by atoms with Gasteiger partial charge in [-0.2, -0.15) is 0 Å². The molecule has 0 spiro atoms. The molecule has 3 amide bonds. The van der Waals surface area contributed by atoms with Crippen molar-refractivity contribution >= 4 is 23.4 Å². The minimum absolute atomic E-state index is 0.0270. The predicted octanol–water partition coefficient (Wildman–Crippen LogP) is 1.70. The van der Waals surface area contributed by atoms with Gasteiger partial charge >= 0.3 is 0 Å². The van der Waals surface area contributed by atoms with Crippen LogP contribution in [0.25, 0.3) is 0 Å². The molecule has 0 unspecified atom stereocenters. The summed E-state index contributed by atoms with van der Waals surface area (Å²) in [5, 5.41) is 5.53. The van der Waals surface area contributed by atoms with Crippen LogP contribution in [0.15, 0.2) is 18.2 Å². The molecule has 1 heterocycles. The quantitative estimate of drug-likeness (QED) is 0.867. The molecule has 0 radical (unpaired) electrons. The van der Waals surface area contributed by atoms with Crippen molar-refractivity contribution < 1.29 is 14.4 Å². The van der Waals surface area contributed by atoms with Crippen molar-refractivity contribution in [2.45, 2.75) is 33.1 Å². The predicted molar refractivity (Wildman–Crippen MR) is 88.2 cm³/mol. The lowest BCUT2D eigenvalue weighted by Crippen LogP contribution is -2.40. The molecule has 6 nitrogen and oxygen atoms in total. The molecule has 124 valence electrons. The lowest BCUT2D eigenvalue weighted by molar-refractivity contribution is -0.136. The standard InChI is InChI=1S/C17H23N3O3/c1-3-18-17(23)13-8-7-12(2)14(10-13)19-15(21)11-20-9-5-4-6-16(20)22/h7-8,10H,3-6,9,11H2,1-2H3,(H,18,23)(H,19,21). The summed E-state index contributed by atoms with van der Waals surface area (Å²) in [7, 11) is 0. The lowest BCUT2D eigenvalue weighted by atomic mass is 10.1. The Kier molecular flexibility index (Phi) is 5.73. The minimum atomic E-state index is -0.239. The largest absolute Gasteiger partial charge is 0.352 e. The number of nitrogens with zero attached hydrogens (tertiary/aromatic N) is 1. The average Bonchev–Trinajstić information content (AvgIpc) is 2.52. The van der Waals surface area contributed by atoms with Crippen LogP contribution in [0.3, 0.4) is 0 Å². The van der Waals surface area contributed by atoms with Crippen LogP contribution < -0.4 is 10.6 Å². The lowest BCUT2D eigenvalue weighted by Gasteiger charge is -2.26. The molecule has 1 aliphatic heterocycles. The highest BCUT2D eigenvalue weighted by Crippen LogP contribution is 2.17. The summed E-state index contributed by atoms with van der Waals surface area (Å²) in [5.74, 6) is -0.384. The van der Waals surface area contributed by atoms with Gasteiger partial charge in [-0.25, -0.2) is 0 Å². The van der Waals surface area contributed by atoms with E-state index in [-0.39, 0.29) is 24.3 Å². The van der Waals surface area contributed by atoms with Crippen LogP contribution in [0.2, 0.25) is 0 Å². The van der Waals surface area contributed by atoms with Crippen LogP contribution in [0.5, 0.6) is 0 Å². The van der Waals surface area contributed by atoms with Crippen LogP contribution in [-0.2, 0) is 9.59 Å². The third kappa shape index (κ3) is 4.55. The normalized spacial score (nSPS) is 14.5. The van der Waals surface area contributed by atoms with Gasteiger partial charge < -0.3 is 15.5 Å². The third-order valence-electron chi connectivity index (χ3n) is 3.87. The van der Waals surface area contributed by atoms with Crippen molar-refractivity contribution in [2.75, 3.05) is 25.0 Å². The first kappa shape index (κ1) is 17.0. The number of hydrogen-bond donors (Lipinski definition) is 2. The van der Waals surface area contributed by atoms with Crippen molar-refractivity contribution in [1.82, 2.24) is 10.2 Å². The second-order valence-electron chi connectivity index (χ2n) is 5.71. The van der Waals surface area contributed by atoms with E-state index >= 15 is 0 Å². The van der Waals surface area contributed by atoms with E-state index in [2.05, 4.69) is 10.6 Å². The maximum atomic E-state index is 12.2. The fourth-order valence-corrected chi connectivity index (χ4v) is 2.55. The van der Waals surface area contributed by atoms with Gasteiger partial charge in [0.15, 0.2) is 0 Å². The van der Waals surface area contributed by atoms with Crippen molar-refractivity contribution in [3.05, 3.63) is 29.3 Å². The van der Waals surface area contributed by atoms with E-state index in [1.807, 2.05) is 13.8 Å². The number of nitrogens with one attached hydrogen (secondary N) is 2. The van der Waals surface area contributed by atoms with Gasteiger partial charge in [0.1, 0.15) is 0 Å². The molecular formula is C17H23N3O3. The third-order valence-corrected chi connectivity index (χ3v) is 3.87. The molecule has 0 bridgehead atoms. The number of anilines is 1. The minimum Gasteiger partial charge on any atom is -0.352 e. The molecule has 0 saturated carbocycles. The van der Waals surface area contributed by atoms with Gasteiger partial charge in [-0.3, -0.25) is 14.4 Å². The van der Waals surface area contributed by atoms with Crippen LogP contribution in [0.4, 0.5) is 5.69 Å². The highest BCUT2D eigenvalue weighted by Gasteiger charge is 2.20. The topological polar surface area (TPSA) is 78.5 Å². The van der Waals surface area contributed by atoms with Gasteiger partial charge in [-0.15, -0.1) is 0 Å². The SMILES string of the molecule is CCNC(=O)c1ccc(C)c(NC(=O)CN2CCCCC2=O)c1. The van der Waals surface area contributed by atoms with E-state index in [4.69, 9.17) is 0 Å². The van der Waals surface area contributed by atoms with Gasteiger partial charge in [0, 0.05) is 30.8 Å². The molecule has 1 fully saturated rings. The molecule has 2 rings (SSSR count). The van der Waals surface area contributed by atoms with Gasteiger partial charge in [-0.05, 0) is 44.4 Å². The number of aryl methyl sites for hydroxylation is 1. The molecule has 0 aliphatic carbocycles.